The van der Waals surface area contributed by atoms with Gasteiger partial charge in [-0.15, -0.1) is 0 Å². The number of Topliss-reactive ketones (excluding diaryl/α,β-unsaturated/α-hetero) is 1. The van der Waals surface area contributed by atoms with Gasteiger partial charge in [0.1, 0.15) is 18.5 Å². The smallest absolute Gasteiger partial charge is 0.344 e. The zero-order valence-corrected chi connectivity index (χ0v) is 11.1. The van der Waals surface area contributed by atoms with Crippen molar-refractivity contribution in [2.75, 3.05) is 13.2 Å². The van der Waals surface area contributed by atoms with Gasteiger partial charge < -0.3 is 14.6 Å². The number of carbonyl (C=O) groups excluding carboxylic acids is 3. The molecular formula is C14H18O6. The molecule has 5 atom stereocenters. The highest BCUT2D eigenvalue weighted by molar-refractivity contribution is 5.86. The van der Waals surface area contributed by atoms with Crippen LogP contribution in [0.15, 0.2) is 0 Å². The van der Waals surface area contributed by atoms with Crippen LogP contribution >= 0.6 is 0 Å². The maximum Gasteiger partial charge on any atom is 0.344 e. The molecule has 4 aliphatic carbocycles. The second-order valence-electron chi connectivity index (χ2n) is 6.05. The SMILES string of the molecule is O=C(CO)OCC(=O)OC1C2CC3CC(C2)C(=O)C1C3. The highest BCUT2D eigenvalue weighted by atomic mass is 16.6. The Kier molecular flexibility index (Phi) is 3.50. The van der Waals surface area contributed by atoms with Crippen LogP contribution in [-0.4, -0.2) is 42.1 Å². The highest BCUT2D eigenvalue weighted by Crippen LogP contribution is 2.52. The summed E-state index contributed by atoms with van der Waals surface area (Å²) in [6.07, 6.45) is 3.31. The topological polar surface area (TPSA) is 89.9 Å². The summed E-state index contributed by atoms with van der Waals surface area (Å²) in [5.74, 6) is -0.387. The van der Waals surface area contributed by atoms with Gasteiger partial charge in [0.05, 0.1) is 5.92 Å². The van der Waals surface area contributed by atoms with Crippen molar-refractivity contribution in [2.45, 2.75) is 31.8 Å². The molecule has 4 saturated carbocycles. The van der Waals surface area contributed by atoms with Gasteiger partial charge in [0, 0.05) is 5.92 Å². The van der Waals surface area contributed by atoms with E-state index in [0.717, 1.165) is 25.7 Å². The van der Waals surface area contributed by atoms with Gasteiger partial charge in [0.15, 0.2) is 6.61 Å². The minimum absolute atomic E-state index is 0.163. The van der Waals surface area contributed by atoms with Crippen LogP contribution in [0.5, 0.6) is 0 Å². The molecule has 0 aromatic heterocycles. The lowest BCUT2D eigenvalue weighted by molar-refractivity contribution is -0.181. The van der Waals surface area contributed by atoms with E-state index in [2.05, 4.69) is 4.74 Å². The second-order valence-corrected chi connectivity index (χ2v) is 6.05. The van der Waals surface area contributed by atoms with Crippen LogP contribution in [0.4, 0.5) is 0 Å². The Labute approximate surface area is 116 Å². The van der Waals surface area contributed by atoms with Crippen LogP contribution in [0.3, 0.4) is 0 Å². The Morgan fingerprint density at radius 1 is 1.15 bits per heavy atom. The Hall–Kier alpha value is -1.43. The third-order valence-corrected chi connectivity index (χ3v) is 4.81. The molecule has 0 aliphatic heterocycles. The van der Waals surface area contributed by atoms with Crippen molar-refractivity contribution in [1.29, 1.82) is 0 Å². The predicted octanol–water partition coefficient (Wildman–Crippen LogP) is 0.0688. The standard InChI is InChI=1S/C14H18O6/c15-5-11(16)19-6-12(17)20-14-9-2-7-1-8(4-9)13(18)10(14)3-7/h7-10,14-15H,1-6H2. The van der Waals surface area contributed by atoms with E-state index in [0.29, 0.717) is 5.92 Å². The summed E-state index contributed by atoms with van der Waals surface area (Å²) in [7, 11) is 0. The average molecular weight is 282 g/mol. The minimum Gasteiger partial charge on any atom is -0.459 e. The molecule has 5 unspecified atom stereocenters. The maximum atomic E-state index is 12.2. The monoisotopic (exact) mass is 282 g/mol. The Morgan fingerprint density at radius 3 is 2.70 bits per heavy atom. The Balaban J connectivity index is 1.59. The molecule has 4 fully saturated rings. The number of aliphatic hydroxyl groups excluding tert-OH is 1. The number of hydrogen-bond donors (Lipinski definition) is 1. The van der Waals surface area contributed by atoms with Gasteiger partial charge in [-0.3, -0.25) is 4.79 Å². The lowest BCUT2D eigenvalue weighted by Crippen LogP contribution is -2.55. The predicted molar refractivity (Wildman–Crippen MR) is 65.4 cm³/mol. The minimum atomic E-state index is -0.858. The first-order chi connectivity index (χ1) is 9.58. The van der Waals surface area contributed by atoms with Gasteiger partial charge in [-0.1, -0.05) is 0 Å². The number of carbonyl (C=O) groups is 3. The molecule has 4 bridgehead atoms. The van der Waals surface area contributed by atoms with E-state index in [1.807, 2.05) is 0 Å². The molecular weight excluding hydrogens is 264 g/mol. The molecule has 0 spiro atoms. The van der Waals surface area contributed by atoms with E-state index >= 15 is 0 Å². The molecule has 4 aliphatic rings. The van der Waals surface area contributed by atoms with Crippen LogP contribution in [0.1, 0.15) is 25.7 Å². The Morgan fingerprint density at radius 2 is 1.95 bits per heavy atom. The number of aliphatic hydroxyl groups is 1. The van der Waals surface area contributed by atoms with Crippen molar-refractivity contribution in [1.82, 2.24) is 0 Å². The van der Waals surface area contributed by atoms with E-state index in [9.17, 15) is 14.4 Å². The fraction of sp³-hybridized carbons (Fsp3) is 0.786. The lowest BCUT2D eigenvalue weighted by Gasteiger charge is -2.52. The first kappa shape index (κ1) is 13.5. The molecule has 1 N–H and O–H groups in total. The van der Waals surface area contributed by atoms with Crippen molar-refractivity contribution in [2.24, 2.45) is 23.7 Å². The summed E-state index contributed by atoms with van der Waals surface area (Å²) in [4.78, 5) is 34.6. The summed E-state index contributed by atoms with van der Waals surface area (Å²) in [5.41, 5.74) is 0. The molecule has 0 saturated heterocycles. The van der Waals surface area contributed by atoms with Crippen LogP contribution in [0.25, 0.3) is 0 Å². The fourth-order valence-corrected chi connectivity index (χ4v) is 4.13. The molecule has 6 heteroatoms. The van der Waals surface area contributed by atoms with Crippen LogP contribution in [0.2, 0.25) is 0 Å². The first-order valence-corrected chi connectivity index (χ1v) is 7.08. The van der Waals surface area contributed by atoms with E-state index in [1.165, 1.54) is 0 Å². The third-order valence-electron chi connectivity index (χ3n) is 4.81. The second kappa shape index (κ2) is 5.16. The summed E-state index contributed by atoms with van der Waals surface area (Å²) in [6.45, 7) is -1.26. The molecule has 0 heterocycles. The zero-order valence-electron chi connectivity index (χ0n) is 11.1. The van der Waals surface area contributed by atoms with Gasteiger partial charge in [0.25, 0.3) is 0 Å². The summed E-state index contributed by atoms with van der Waals surface area (Å²) < 4.78 is 9.90. The highest BCUT2D eigenvalue weighted by Gasteiger charge is 2.54. The molecule has 0 radical (unpaired) electrons. The molecule has 4 rings (SSSR count). The lowest BCUT2D eigenvalue weighted by atomic mass is 9.54. The van der Waals surface area contributed by atoms with E-state index in [1.54, 1.807) is 0 Å². The summed E-state index contributed by atoms with van der Waals surface area (Å²) >= 11 is 0. The summed E-state index contributed by atoms with van der Waals surface area (Å²) in [6, 6.07) is 0. The van der Waals surface area contributed by atoms with Crippen molar-refractivity contribution in [3.8, 4) is 0 Å². The molecule has 110 valence electrons. The number of hydrogen-bond acceptors (Lipinski definition) is 6. The van der Waals surface area contributed by atoms with Crippen molar-refractivity contribution >= 4 is 17.7 Å². The molecule has 0 aromatic rings. The van der Waals surface area contributed by atoms with Gasteiger partial charge in [-0.25, -0.2) is 9.59 Å². The van der Waals surface area contributed by atoms with Crippen molar-refractivity contribution < 1.29 is 29.0 Å². The van der Waals surface area contributed by atoms with Crippen molar-refractivity contribution in [3.05, 3.63) is 0 Å². The van der Waals surface area contributed by atoms with Gasteiger partial charge in [0.2, 0.25) is 0 Å². The number of rotatable bonds is 4. The third kappa shape index (κ3) is 2.32. The van der Waals surface area contributed by atoms with Gasteiger partial charge >= 0.3 is 11.9 Å². The molecule has 0 aromatic carbocycles. The largest absolute Gasteiger partial charge is 0.459 e. The van der Waals surface area contributed by atoms with Crippen LogP contribution in [-0.2, 0) is 23.9 Å². The van der Waals surface area contributed by atoms with Crippen LogP contribution in [0, 0.1) is 23.7 Å². The zero-order chi connectivity index (χ0) is 14.3. The number of ether oxygens (including phenoxy) is 2. The Bertz CT molecular complexity index is 445. The first-order valence-electron chi connectivity index (χ1n) is 7.08. The maximum absolute atomic E-state index is 12.2. The number of ketones is 1. The van der Waals surface area contributed by atoms with Gasteiger partial charge in [-0.05, 0) is 37.5 Å². The van der Waals surface area contributed by atoms with E-state index < -0.39 is 25.2 Å². The van der Waals surface area contributed by atoms with Crippen molar-refractivity contribution in [3.63, 3.8) is 0 Å². The molecule has 20 heavy (non-hydrogen) atoms. The quantitative estimate of drug-likeness (QED) is 0.734. The van der Waals surface area contributed by atoms with Gasteiger partial charge in [-0.2, -0.15) is 0 Å². The fourth-order valence-electron chi connectivity index (χ4n) is 4.13. The average Bonchev–Trinajstić information content (AvgIpc) is 2.44. The normalized spacial score (nSPS) is 37.9. The summed E-state index contributed by atoms with van der Waals surface area (Å²) in [5, 5.41) is 8.50. The van der Waals surface area contributed by atoms with Crippen LogP contribution < -0.4 is 0 Å². The molecule has 0 amide bonds. The molecule has 6 nitrogen and oxygen atoms in total. The van der Waals surface area contributed by atoms with E-state index in [-0.39, 0.29) is 29.6 Å². The van der Waals surface area contributed by atoms with E-state index in [4.69, 9.17) is 9.84 Å². The number of esters is 2.